The van der Waals surface area contributed by atoms with Crippen LogP contribution in [0.25, 0.3) is 11.0 Å². The van der Waals surface area contributed by atoms with Gasteiger partial charge in [-0.1, -0.05) is 18.2 Å². The first-order valence-electron chi connectivity index (χ1n) is 9.32. The van der Waals surface area contributed by atoms with Gasteiger partial charge in [-0.3, -0.25) is 9.47 Å². The second-order valence-electron chi connectivity index (χ2n) is 6.91. The van der Waals surface area contributed by atoms with E-state index in [1.807, 2.05) is 24.3 Å². The van der Waals surface area contributed by atoms with E-state index in [-0.39, 0.29) is 6.04 Å². The molecule has 0 aliphatic carbocycles. The minimum absolute atomic E-state index is 0.130. The van der Waals surface area contributed by atoms with Gasteiger partial charge in [0.25, 0.3) is 0 Å². The second kappa shape index (κ2) is 7.75. The van der Waals surface area contributed by atoms with Crippen LogP contribution in [0.3, 0.4) is 0 Å². The van der Waals surface area contributed by atoms with Crippen LogP contribution in [0.1, 0.15) is 36.8 Å². The van der Waals surface area contributed by atoms with Crippen LogP contribution >= 0.6 is 0 Å². The first kappa shape index (κ1) is 18.7. The molecule has 7 heteroatoms. The fraction of sp³-hybridized carbons (Fsp3) is 0.381. The number of alkyl halides is 2. The van der Waals surface area contributed by atoms with Gasteiger partial charge in [-0.2, -0.15) is 8.78 Å². The van der Waals surface area contributed by atoms with Crippen LogP contribution in [0.15, 0.2) is 42.5 Å². The molecule has 0 N–H and O–H groups in total. The normalized spacial score (nSPS) is 17.5. The highest BCUT2D eigenvalue weighted by Crippen LogP contribution is 2.38. The molecule has 0 spiro atoms. The lowest BCUT2D eigenvalue weighted by atomic mass is 10.0. The van der Waals surface area contributed by atoms with E-state index in [0.29, 0.717) is 34.9 Å². The van der Waals surface area contributed by atoms with Gasteiger partial charge < -0.3 is 9.47 Å². The number of hydrogen-bond acceptors (Lipinski definition) is 4. The molecule has 5 nitrogen and oxygen atoms in total. The van der Waals surface area contributed by atoms with Crippen LogP contribution in [0.4, 0.5) is 8.78 Å². The number of halogens is 2. The maximum Gasteiger partial charge on any atom is 0.320 e. The Morgan fingerprint density at radius 2 is 1.89 bits per heavy atom. The topological polar surface area (TPSA) is 39.5 Å². The van der Waals surface area contributed by atoms with Crippen LogP contribution in [-0.2, 0) is 6.54 Å². The summed E-state index contributed by atoms with van der Waals surface area (Å²) in [6, 6.07) is 13.0. The molecule has 1 aromatic heterocycles. The van der Waals surface area contributed by atoms with Crippen molar-refractivity contribution in [3.63, 3.8) is 0 Å². The van der Waals surface area contributed by atoms with Gasteiger partial charge in [0.15, 0.2) is 11.5 Å². The Morgan fingerprint density at radius 3 is 2.64 bits per heavy atom. The van der Waals surface area contributed by atoms with E-state index in [1.54, 1.807) is 32.4 Å². The Kier molecular flexibility index (Phi) is 5.17. The van der Waals surface area contributed by atoms with Gasteiger partial charge >= 0.3 is 6.55 Å². The third-order valence-corrected chi connectivity index (χ3v) is 5.36. The van der Waals surface area contributed by atoms with Crippen molar-refractivity contribution >= 4 is 11.0 Å². The molecule has 0 saturated carbocycles. The Hall–Kier alpha value is -2.67. The average Bonchev–Trinajstić information content (AvgIpc) is 3.31. The van der Waals surface area contributed by atoms with Crippen molar-refractivity contribution < 1.29 is 18.3 Å². The molecule has 2 aromatic carbocycles. The van der Waals surface area contributed by atoms with Crippen LogP contribution < -0.4 is 9.47 Å². The summed E-state index contributed by atoms with van der Waals surface area (Å²) in [5, 5.41) is 0. The van der Waals surface area contributed by atoms with Crippen molar-refractivity contribution in [1.29, 1.82) is 0 Å². The van der Waals surface area contributed by atoms with E-state index >= 15 is 0 Å². The summed E-state index contributed by atoms with van der Waals surface area (Å²) >= 11 is 0. The number of hydrogen-bond donors (Lipinski definition) is 0. The van der Waals surface area contributed by atoms with Gasteiger partial charge in [-0.05, 0) is 49.2 Å². The number of benzene rings is 2. The summed E-state index contributed by atoms with van der Waals surface area (Å²) in [7, 11) is 3.22. The molecule has 28 heavy (non-hydrogen) atoms. The van der Waals surface area contributed by atoms with Gasteiger partial charge in [-0.15, -0.1) is 0 Å². The zero-order valence-electron chi connectivity index (χ0n) is 15.9. The largest absolute Gasteiger partial charge is 0.493 e. The predicted octanol–water partition coefficient (Wildman–Crippen LogP) is 4.79. The molecule has 1 atom stereocenters. The number of para-hydroxylation sites is 2. The number of imidazole rings is 1. The summed E-state index contributed by atoms with van der Waals surface area (Å²) in [5.74, 6) is 1.74. The van der Waals surface area contributed by atoms with Gasteiger partial charge in [0.05, 0.1) is 31.8 Å². The maximum atomic E-state index is 13.7. The molecule has 2 heterocycles. The van der Waals surface area contributed by atoms with E-state index in [4.69, 9.17) is 9.47 Å². The molecule has 0 amide bonds. The Balaban J connectivity index is 1.65. The predicted molar refractivity (Wildman–Crippen MR) is 103 cm³/mol. The number of aromatic nitrogens is 2. The Morgan fingerprint density at radius 1 is 1.11 bits per heavy atom. The third-order valence-electron chi connectivity index (χ3n) is 5.36. The fourth-order valence-electron chi connectivity index (χ4n) is 4.06. The molecule has 0 bridgehead atoms. The lowest BCUT2D eigenvalue weighted by Crippen LogP contribution is -2.25. The summed E-state index contributed by atoms with van der Waals surface area (Å²) in [6.07, 6.45) is 1.97. The average molecular weight is 387 g/mol. The molecule has 1 saturated heterocycles. The minimum Gasteiger partial charge on any atom is -0.493 e. The smallest absolute Gasteiger partial charge is 0.320 e. The lowest BCUT2D eigenvalue weighted by Gasteiger charge is -2.25. The molecule has 1 unspecified atom stereocenters. The number of fused-ring (bicyclic) bond motifs is 1. The van der Waals surface area contributed by atoms with Crippen molar-refractivity contribution in [3.05, 3.63) is 53.9 Å². The number of rotatable bonds is 6. The van der Waals surface area contributed by atoms with Crippen LogP contribution in [0, 0.1) is 0 Å². The van der Waals surface area contributed by atoms with Crippen LogP contribution in [0.2, 0.25) is 0 Å². The molecule has 4 rings (SSSR count). The molecule has 3 aromatic rings. The Labute approximate surface area is 162 Å². The second-order valence-corrected chi connectivity index (χ2v) is 6.91. The SMILES string of the molecule is COc1ccc(C2CCCN2Cc2nc3ccccc3n2C(F)F)cc1OC. The molecular weight excluding hydrogens is 364 g/mol. The zero-order chi connectivity index (χ0) is 19.7. The summed E-state index contributed by atoms with van der Waals surface area (Å²) in [5.41, 5.74) is 2.16. The summed E-state index contributed by atoms with van der Waals surface area (Å²) < 4.78 is 39.3. The van der Waals surface area contributed by atoms with E-state index in [0.717, 1.165) is 29.5 Å². The number of nitrogens with zero attached hydrogens (tertiary/aromatic N) is 3. The summed E-state index contributed by atoms with van der Waals surface area (Å²) in [4.78, 5) is 6.69. The zero-order valence-corrected chi connectivity index (χ0v) is 15.9. The highest BCUT2D eigenvalue weighted by atomic mass is 19.3. The number of methoxy groups -OCH3 is 2. The molecule has 1 fully saturated rings. The Bertz CT molecular complexity index is 973. The number of ether oxygens (including phenoxy) is 2. The number of likely N-dealkylation sites (tertiary alicyclic amines) is 1. The quantitative estimate of drug-likeness (QED) is 0.610. The third kappa shape index (κ3) is 3.30. The van der Waals surface area contributed by atoms with Crippen molar-refractivity contribution in [2.24, 2.45) is 0 Å². The fourth-order valence-corrected chi connectivity index (χ4v) is 4.06. The standard InChI is InChI=1S/C21H23F2N3O2/c1-27-18-10-9-14(12-19(18)28-2)16-8-5-11-25(16)13-20-24-15-6-3-4-7-17(15)26(20)21(22)23/h3-4,6-7,9-10,12,16,21H,5,8,11,13H2,1-2H3. The highest BCUT2D eigenvalue weighted by molar-refractivity contribution is 5.76. The molecule has 1 aliphatic rings. The van der Waals surface area contributed by atoms with Gasteiger partial charge in [-0.25, -0.2) is 4.98 Å². The van der Waals surface area contributed by atoms with Crippen molar-refractivity contribution in [1.82, 2.24) is 14.5 Å². The van der Waals surface area contributed by atoms with Gasteiger partial charge in [0.2, 0.25) is 0 Å². The molecule has 148 valence electrons. The lowest BCUT2D eigenvalue weighted by molar-refractivity contribution is 0.0678. The van der Waals surface area contributed by atoms with E-state index < -0.39 is 6.55 Å². The van der Waals surface area contributed by atoms with Crippen molar-refractivity contribution in [2.45, 2.75) is 32.0 Å². The van der Waals surface area contributed by atoms with Gasteiger partial charge in [0.1, 0.15) is 5.82 Å². The van der Waals surface area contributed by atoms with E-state index in [9.17, 15) is 8.78 Å². The molecular formula is C21H23F2N3O2. The first-order valence-corrected chi connectivity index (χ1v) is 9.32. The van der Waals surface area contributed by atoms with Crippen LogP contribution in [0.5, 0.6) is 11.5 Å². The highest BCUT2D eigenvalue weighted by Gasteiger charge is 2.29. The maximum absolute atomic E-state index is 13.7. The van der Waals surface area contributed by atoms with E-state index in [1.165, 1.54) is 0 Å². The van der Waals surface area contributed by atoms with Crippen LogP contribution in [-0.4, -0.2) is 35.2 Å². The summed E-state index contributed by atoms with van der Waals surface area (Å²) in [6.45, 7) is -1.41. The van der Waals surface area contributed by atoms with Crippen molar-refractivity contribution in [3.8, 4) is 11.5 Å². The molecule has 1 aliphatic heterocycles. The molecule has 0 radical (unpaired) electrons. The minimum atomic E-state index is -2.62. The van der Waals surface area contributed by atoms with Gasteiger partial charge in [0, 0.05) is 6.04 Å². The first-order chi connectivity index (χ1) is 13.6. The van der Waals surface area contributed by atoms with Crippen molar-refractivity contribution in [2.75, 3.05) is 20.8 Å². The monoisotopic (exact) mass is 387 g/mol. The van der Waals surface area contributed by atoms with E-state index in [2.05, 4.69) is 9.88 Å².